The summed E-state index contributed by atoms with van der Waals surface area (Å²) in [6, 6.07) is 17.0. The molecular formula is C38H44F3N5O3S. The van der Waals surface area contributed by atoms with Crippen molar-refractivity contribution in [1.29, 1.82) is 0 Å². The van der Waals surface area contributed by atoms with Crippen molar-refractivity contribution in [2.75, 3.05) is 19.6 Å². The number of piperidine rings is 2. The first kappa shape index (κ1) is 34.7. The Bertz CT molecular complexity index is 2010. The number of fused-ring (bicyclic) bond motifs is 3. The summed E-state index contributed by atoms with van der Waals surface area (Å²) in [7, 11) is -4.31. The molecule has 3 atom stereocenters. The molecule has 0 saturated carbocycles. The summed E-state index contributed by atoms with van der Waals surface area (Å²) in [5, 5.41) is 0. The third kappa shape index (κ3) is 6.46. The van der Waals surface area contributed by atoms with Crippen molar-refractivity contribution in [1.82, 2.24) is 24.1 Å². The second kappa shape index (κ2) is 13.4. The Hall–Kier alpha value is -3.74. The summed E-state index contributed by atoms with van der Waals surface area (Å²) in [5.41, 5.74) is 2.18. The van der Waals surface area contributed by atoms with E-state index in [4.69, 9.17) is 4.98 Å². The van der Waals surface area contributed by atoms with Crippen molar-refractivity contribution < 1.29 is 26.4 Å². The summed E-state index contributed by atoms with van der Waals surface area (Å²) >= 11 is 0. The van der Waals surface area contributed by atoms with Gasteiger partial charge >= 0.3 is 0 Å². The van der Waals surface area contributed by atoms with Crippen molar-refractivity contribution in [3.05, 3.63) is 95.1 Å². The fourth-order valence-electron chi connectivity index (χ4n) is 8.87. The number of aromatic nitrogens is 2. The number of halogens is 3. The number of sulfonamides is 1. The summed E-state index contributed by atoms with van der Waals surface area (Å²) in [5.74, 6) is -2.35. The Kier molecular flexibility index (Phi) is 9.32. The lowest BCUT2D eigenvalue weighted by atomic mass is 9.70. The van der Waals surface area contributed by atoms with E-state index in [9.17, 15) is 22.0 Å². The fourth-order valence-corrected chi connectivity index (χ4v) is 10.2. The van der Waals surface area contributed by atoms with E-state index in [0.717, 1.165) is 61.6 Å². The van der Waals surface area contributed by atoms with Crippen molar-refractivity contribution in [3.8, 4) is 0 Å². The summed E-state index contributed by atoms with van der Waals surface area (Å²) < 4.78 is 74.5. The largest absolute Gasteiger partial charge is 0.338 e. The van der Waals surface area contributed by atoms with Gasteiger partial charge in [-0.15, -0.1) is 0 Å². The summed E-state index contributed by atoms with van der Waals surface area (Å²) in [6.45, 7) is 6.62. The van der Waals surface area contributed by atoms with Crippen LogP contribution in [0.4, 0.5) is 13.2 Å². The first-order valence-corrected chi connectivity index (χ1v) is 19.1. The van der Waals surface area contributed by atoms with Crippen LogP contribution in [0.1, 0.15) is 86.6 Å². The number of carbonyl (C=O) groups is 1. The number of nitrogens with zero attached hydrogens (tertiary/aromatic N) is 4. The highest BCUT2D eigenvalue weighted by Crippen LogP contribution is 2.45. The van der Waals surface area contributed by atoms with E-state index in [2.05, 4.69) is 39.3 Å². The maximum atomic E-state index is 15.0. The van der Waals surface area contributed by atoms with E-state index in [-0.39, 0.29) is 18.9 Å². The molecule has 3 fully saturated rings. The molecule has 4 heterocycles. The zero-order chi connectivity index (χ0) is 35.4. The number of nitrogens with one attached hydrogen (secondary N) is 1. The molecule has 0 aliphatic carbocycles. The van der Waals surface area contributed by atoms with Crippen LogP contribution in [0.5, 0.6) is 0 Å². The second-order valence-corrected chi connectivity index (χ2v) is 16.3. The molecular weight excluding hydrogens is 664 g/mol. The highest BCUT2D eigenvalue weighted by molar-refractivity contribution is 7.89. The van der Waals surface area contributed by atoms with Crippen LogP contribution in [0.3, 0.4) is 0 Å². The quantitative estimate of drug-likeness (QED) is 0.205. The number of likely N-dealkylation sites (tertiary alicyclic amines) is 1. The molecule has 266 valence electrons. The normalized spacial score (nSPS) is 22.5. The molecule has 0 spiro atoms. The van der Waals surface area contributed by atoms with Gasteiger partial charge in [-0.2, -0.15) is 0 Å². The molecule has 1 amide bonds. The molecule has 12 heteroatoms. The molecule has 1 aromatic heterocycles. The van der Waals surface area contributed by atoms with Crippen LogP contribution < -0.4 is 4.72 Å². The first-order chi connectivity index (χ1) is 23.8. The molecule has 0 radical (unpaired) electrons. The van der Waals surface area contributed by atoms with Gasteiger partial charge in [-0.1, -0.05) is 24.3 Å². The van der Waals surface area contributed by atoms with Crippen molar-refractivity contribution in [2.45, 2.75) is 100 Å². The third-order valence-corrected chi connectivity index (χ3v) is 12.9. The minimum Gasteiger partial charge on any atom is -0.338 e. The van der Waals surface area contributed by atoms with E-state index in [0.29, 0.717) is 37.0 Å². The highest BCUT2D eigenvalue weighted by atomic mass is 32.2. The van der Waals surface area contributed by atoms with Gasteiger partial charge in [0.1, 0.15) is 28.2 Å². The van der Waals surface area contributed by atoms with Crippen LogP contribution in [0.2, 0.25) is 0 Å². The molecule has 3 saturated heterocycles. The number of amides is 1. The molecule has 7 rings (SSSR count). The van der Waals surface area contributed by atoms with E-state index < -0.39 is 49.5 Å². The van der Waals surface area contributed by atoms with Gasteiger partial charge in [0.25, 0.3) is 5.91 Å². The second-order valence-electron chi connectivity index (χ2n) is 14.6. The van der Waals surface area contributed by atoms with Crippen molar-refractivity contribution in [2.24, 2.45) is 0 Å². The number of hydrogen-bond acceptors (Lipinski definition) is 5. The van der Waals surface area contributed by atoms with Gasteiger partial charge in [-0.05, 0) is 114 Å². The third-order valence-electron chi connectivity index (χ3n) is 11.2. The minimum atomic E-state index is -4.31. The fraction of sp³-hybridized carbons (Fsp3) is 0.474. The first-order valence-electron chi connectivity index (χ1n) is 17.6. The molecule has 3 aliphatic heterocycles. The van der Waals surface area contributed by atoms with E-state index in [1.165, 1.54) is 16.5 Å². The van der Waals surface area contributed by atoms with Gasteiger partial charge in [0.15, 0.2) is 0 Å². The number of benzene rings is 3. The molecule has 3 aliphatic rings. The number of hydrogen-bond donors (Lipinski definition) is 1. The summed E-state index contributed by atoms with van der Waals surface area (Å²) in [6.07, 6.45) is 6.18. The van der Waals surface area contributed by atoms with Gasteiger partial charge < -0.3 is 9.47 Å². The van der Waals surface area contributed by atoms with Gasteiger partial charge in [0.2, 0.25) is 10.0 Å². The van der Waals surface area contributed by atoms with Crippen LogP contribution in [0, 0.1) is 24.4 Å². The van der Waals surface area contributed by atoms with Gasteiger partial charge in [-0.3, -0.25) is 9.69 Å². The van der Waals surface area contributed by atoms with Gasteiger partial charge in [0, 0.05) is 43.3 Å². The zero-order valence-electron chi connectivity index (χ0n) is 28.7. The lowest BCUT2D eigenvalue weighted by Crippen LogP contribution is -2.49. The average molecular weight is 708 g/mol. The number of rotatable bonds is 9. The lowest BCUT2D eigenvalue weighted by Gasteiger charge is -2.45. The van der Waals surface area contributed by atoms with Crippen LogP contribution in [-0.4, -0.2) is 71.4 Å². The van der Waals surface area contributed by atoms with Crippen molar-refractivity contribution >= 4 is 27.0 Å². The monoisotopic (exact) mass is 707 g/mol. The van der Waals surface area contributed by atoms with Crippen LogP contribution in [-0.2, 0) is 15.4 Å². The maximum Gasteiger partial charge on any atom is 0.256 e. The average Bonchev–Trinajstić information content (AvgIpc) is 3.53. The zero-order valence-corrected chi connectivity index (χ0v) is 29.5. The standard InChI is InChI=1S/C38H44F3N5O3S/c1-24(2)43-50(48,49)36-22-31(32(40)23-33(36)41)37(47)44-16-13-38(14-17-44,26-7-6-8-27(39)19-26)15-18-45-28-11-12-29(45)21-30(20-28)46-25(3)42-34-9-4-5-10-35(34)46/h4-10,19,22-24,28-30,43H,11-18,20-21H2,1-3H3/t28-,29+,30?. The SMILES string of the molecule is Cc1nc2ccccc2n1C1C[C@H]2CC[C@@H](C1)N2CCC1(c2cccc(F)c2)CCN(C(=O)c2cc(S(=O)(=O)NC(C)C)c(F)cc2F)CC1. The van der Waals surface area contributed by atoms with Crippen LogP contribution in [0.25, 0.3) is 11.0 Å². The molecule has 1 N–H and O–H groups in total. The van der Waals surface area contributed by atoms with Gasteiger partial charge in [-0.25, -0.2) is 31.3 Å². The van der Waals surface area contributed by atoms with Crippen LogP contribution >= 0.6 is 0 Å². The summed E-state index contributed by atoms with van der Waals surface area (Å²) in [4.78, 5) is 21.8. The lowest BCUT2D eigenvalue weighted by molar-refractivity contribution is 0.0602. The molecule has 1 unspecified atom stereocenters. The maximum absolute atomic E-state index is 15.0. The van der Waals surface area contributed by atoms with E-state index >= 15 is 4.39 Å². The molecule has 2 bridgehead atoms. The Balaban J connectivity index is 1.08. The van der Waals surface area contributed by atoms with Gasteiger partial charge in [0.05, 0.1) is 16.6 Å². The number of aryl methyl sites for hydroxylation is 1. The smallest absolute Gasteiger partial charge is 0.256 e. The minimum absolute atomic E-state index is 0.264. The molecule has 8 nitrogen and oxygen atoms in total. The highest BCUT2D eigenvalue weighted by Gasteiger charge is 2.44. The number of para-hydroxylation sites is 2. The predicted octanol–water partition coefficient (Wildman–Crippen LogP) is 6.88. The number of imidazole rings is 1. The topological polar surface area (TPSA) is 87.5 Å². The number of carbonyl (C=O) groups excluding carboxylic acids is 1. The molecule has 4 aromatic rings. The van der Waals surface area contributed by atoms with Crippen molar-refractivity contribution in [3.63, 3.8) is 0 Å². The Morgan fingerprint density at radius 3 is 2.32 bits per heavy atom. The van der Waals surface area contributed by atoms with Crippen LogP contribution in [0.15, 0.2) is 65.6 Å². The van der Waals surface area contributed by atoms with E-state index in [1.807, 2.05) is 12.1 Å². The predicted molar refractivity (Wildman–Crippen MR) is 186 cm³/mol. The molecule has 3 aromatic carbocycles. The van der Waals surface area contributed by atoms with E-state index in [1.54, 1.807) is 26.0 Å². The Labute approximate surface area is 291 Å². The Morgan fingerprint density at radius 1 is 0.940 bits per heavy atom. The molecule has 50 heavy (non-hydrogen) atoms. The Morgan fingerprint density at radius 2 is 1.64 bits per heavy atom.